The molecule has 0 aromatic heterocycles. The summed E-state index contributed by atoms with van der Waals surface area (Å²) in [5.74, 6) is -0.149. The van der Waals surface area contributed by atoms with E-state index in [1.54, 1.807) is 7.05 Å². The molecule has 0 unspecified atom stereocenters. The number of aliphatic hydroxyl groups is 4. The van der Waals surface area contributed by atoms with E-state index in [0.717, 1.165) is 12.8 Å². The monoisotopic (exact) mass is 603 g/mol. The fourth-order valence-corrected chi connectivity index (χ4v) is 5.68. The Hall–Kier alpha value is -1.51. The van der Waals surface area contributed by atoms with Crippen LogP contribution in [0.5, 0.6) is 0 Å². The Morgan fingerprint density at radius 3 is 2.50 bits per heavy atom. The highest BCUT2D eigenvalue weighted by molar-refractivity contribution is 5.81. The van der Waals surface area contributed by atoms with Crippen molar-refractivity contribution in [2.75, 3.05) is 33.3 Å². The van der Waals surface area contributed by atoms with Crippen LogP contribution in [0.1, 0.15) is 32.6 Å². The molecule has 0 aromatic carbocycles. The Morgan fingerprint density at radius 2 is 1.86 bits per heavy atom. The van der Waals surface area contributed by atoms with Gasteiger partial charge >= 0.3 is 0 Å². The van der Waals surface area contributed by atoms with Gasteiger partial charge in [-0.2, -0.15) is 0 Å². The fraction of sp³-hybridized carbons (Fsp3) is 0.885. The Bertz CT molecular complexity index is 955. The zero-order valence-corrected chi connectivity index (χ0v) is 24.2. The van der Waals surface area contributed by atoms with Crippen LogP contribution in [0.4, 0.5) is 0 Å². The first kappa shape index (κ1) is 33.4. The molecule has 12 atom stereocenters. The highest BCUT2D eigenvalue weighted by Gasteiger charge is 2.52. The molecular formula is C26H49N7O9. The summed E-state index contributed by atoms with van der Waals surface area (Å²) >= 11 is 0. The number of amides is 1. The van der Waals surface area contributed by atoms with E-state index in [0.29, 0.717) is 25.3 Å². The van der Waals surface area contributed by atoms with E-state index in [-0.39, 0.29) is 25.1 Å². The molecule has 1 saturated heterocycles. The van der Waals surface area contributed by atoms with Gasteiger partial charge in [-0.1, -0.05) is 0 Å². The number of nitrogens with one attached hydrogen (secondary N) is 3. The number of carbonyl (C=O) groups is 1. The van der Waals surface area contributed by atoms with Gasteiger partial charge in [0.25, 0.3) is 0 Å². The van der Waals surface area contributed by atoms with Gasteiger partial charge in [0.15, 0.2) is 6.29 Å². The number of hydrogen-bond acceptors (Lipinski definition) is 15. The van der Waals surface area contributed by atoms with E-state index < -0.39 is 78.8 Å². The van der Waals surface area contributed by atoms with Crippen molar-refractivity contribution in [3.63, 3.8) is 0 Å². The molecule has 0 radical (unpaired) electrons. The van der Waals surface area contributed by atoms with Crippen LogP contribution >= 0.6 is 0 Å². The second-order valence-corrected chi connectivity index (χ2v) is 12.3. The van der Waals surface area contributed by atoms with Gasteiger partial charge in [0, 0.05) is 24.7 Å². The minimum atomic E-state index is -1.49. The molecule has 0 bridgehead atoms. The summed E-state index contributed by atoms with van der Waals surface area (Å²) in [6, 6.07) is -3.09. The molecule has 1 amide bonds. The number of ether oxygens (including phenoxy) is 4. The third-order valence-electron chi connectivity index (χ3n) is 8.50. The number of likely N-dealkylation sites (N-methyl/N-ethyl adjacent to an activating group) is 1. The summed E-state index contributed by atoms with van der Waals surface area (Å²) in [4.78, 5) is 12.5. The van der Waals surface area contributed by atoms with Gasteiger partial charge in [0.2, 0.25) is 12.2 Å². The molecular weight excluding hydrogens is 554 g/mol. The molecule has 2 saturated carbocycles. The number of aliphatic hydroxyl groups excluding tert-OH is 3. The zero-order valence-electron chi connectivity index (χ0n) is 24.2. The minimum Gasteiger partial charge on any atom is -0.467 e. The lowest BCUT2D eigenvalue weighted by Crippen LogP contribution is -2.69. The van der Waals surface area contributed by atoms with Crippen molar-refractivity contribution >= 4 is 5.91 Å². The lowest BCUT2D eigenvalue weighted by molar-refractivity contribution is -0.304. The Labute approximate surface area is 245 Å². The van der Waals surface area contributed by atoms with Crippen molar-refractivity contribution in [1.29, 1.82) is 0 Å². The van der Waals surface area contributed by atoms with Crippen LogP contribution in [0.3, 0.4) is 0 Å². The third kappa shape index (κ3) is 7.76. The molecule has 0 aromatic rings. The molecule has 15 N–H and O–H groups in total. The maximum absolute atomic E-state index is 12.5. The summed E-state index contributed by atoms with van der Waals surface area (Å²) in [6.07, 6.45) is -4.40. The fourth-order valence-electron chi connectivity index (χ4n) is 5.68. The SMILES string of the molecule is CN[C@@H]1[C@@H](O)[C@@H](O[C@@H]2[C@@H](O)[C@H](O[C@H]3OC(CNCC4(N)CC4)=CC[C@H]3N)[C@@H](N)C[C@H]2NC(=O)[C@@H](O)CN)OC[C@]1(C)O. The molecule has 42 heavy (non-hydrogen) atoms. The highest BCUT2D eigenvalue weighted by atomic mass is 16.7. The van der Waals surface area contributed by atoms with E-state index in [4.69, 9.17) is 41.9 Å². The number of rotatable bonds is 12. The van der Waals surface area contributed by atoms with Crippen LogP contribution in [-0.2, 0) is 23.7 Å². The lowest BCUT2D eigenvalue weighted by atomic mass is 9.83. The topological polar surface area (TPSA) is 275 Å². The minimum absolute atomic E-state index is 0.0657. The molecule has 242 valence electrons. The third-order valence-corrected chi connectivity index (χ3v) is 8.50. The van der Waals surface area contributed by atoms with Crippen LogP contribution in [0.2, 0.25) is 0 Å². The average molecular weight is 604 g/mol. The second kappa shape index (κ2) is 13.6. The quantitative estimate of drug-likeness (QED) is 0.0994. The van der Waals surface area contributed by atoms with Crippen molar-refractivity contribution in [2.45, 2.75) is 111 Å². The molecule has 16 nitrogen and oxygen atoms in total. The molecule has 4 aliphatic rings. The molecule has 2 heterocycles. The number of carbonyl (C=O) groups excluding carboxylic acids is 1. The summed E-state index contributed by atoms with van der Waals surface area (Å²) in [5, 5.41) is 51.8. The second-order valence-electron chi connectivity index (χ2n) is 12.3. The van der Waals surface area contributed by atoms with Crippen LogP contribution in [0.25, 0.3) is 0 Å². The van der Waals surface area contributed by atoms with Gasteiger partial charge in [-0.15, -0.1) is 0 Å². The van der Waals surface area contributed by atoms with Gasteiger partial charge in [-0.25, -0.2) is 0 Å². The average Bonchev–Trinajstić information content (AvgIpc) is 3.67. The van der Waals surface area contributed by atoms with Crippen molar-refractivity contribution in [2.24, 2.45) is 22.9 Å². The summed E-state index contributed by atoms with van der Waals surface area (Å²) in [5.41, 5.74) is 22.7. The van der Waals surface area contributed by atoms with Gasteiger partial charge in [-0.05, 0) is 45.7 Å². The van der Waals surface area contributed by atoms with Gasteiger partial charge in [0.05, 0.1) is 31.3 Å². The van der Waals surface area contributed by atoms with E-state index >= 15 is 0 Å². The maximum atomic E-state index is 12.5. The largest absolute Gasteiger partial charge is 0.467 e. The Morgan fingerprint density at radius 1 is 1.17 bits per heavy atom. The molecule has 16 heteroatoms. The standard InChI is InChI=1S/C26H49N7O9/c1-25(38)11-39-24(18(36)21(25)31-2)42-20-15(33-22(37)16(34)8-27)7-14(29)19(17(20)35)41-23-13(28)4-3-12(40-23)9-32-10-26(30)5-6-26/h3,13-21,23-24,31-32,34-36,38H,4-11,27-30H2,1-2H3,(H,33,37)/t13-,14+,15-,16+,17+,18-,19-,20+,21-,23-,24-,25+/m1/s1. The van der Waals surface area contributed by atoms with Gasteiger partial charge < -0.3 is 78.3 Å². The molecule has 4 rings (SSSR count). The Kier molecular flexibility index (Phi) is 10.8. The van der Waals surface area contributed by atoms with E-state index in [1.165, 1.54) is 6.92 Å². The number of hydrogen-bond donors (Lipinski definition) is 11. The number of nitrogens with two attached hydrogens (primary N) is 4. The van der Waals surface area contributed by atoms with Crippen LogP contribution in [-0.4, -0.2) is 138 Å². The predicted octanol–water partition coefficient (Wildman–Crippen LogP) is -5.25. The summed E-state index contributed by atoms with van der Waals surface area (Å²) in [7, 11) is 1.58. The zero-order chi connectivity index (χ0) is 30.8. The molecule has 0 spiro atoms. The van der Waals surface area contributed by atoms with Gasteiger partial charge in [0.1, 0.15) is 41.9 Å². The van der Waals surface area contributed by atoms with Crippen LogP contribution in [0.15, 0.2) is 11.8 Å². The summed E-state index contributed by atoms with van der Waals surface area (Å²) < 4.78 is 23.9. The Balaban J connectivity index is 1.47. The van der Waals surface area contributed by atoms with Crippen molar-refractivity contribution in [3.8, 4) is 0 Å². The molecule has 2 aliphatic carbocycles. The molecule has 2 aliphatic heterocycles. The van der Waals surface area contributed by atoms with Crippen molar-refractivity contribution in [1.82, 2.24) is 16.0 Å². The first-order valence-corrected chi connectivity index (χ1v) is 14.5. The smallest absolute Gasteiger partial charge is 0.250 e. The van der Waals surface area contributed by atoms with Crippen molar-refractivity contribution < 1.29 is 44.2 Å². The van der Waals surface area contributed by atoms with Gasteiger partial charge in [-0.3, -0.25) is 4.79 Å². The van der Waals surface area contributed by atoms with E-state index in [1.807, 2.05) is 6.08 Å². The first-order chi connectivity index (χ1) is 19.8. The van der Waals surface area contributed by atoms with Crippen LogP contribution in [0, 0.1) is 0 Å². The predicted molar refractivity (Wildman–Crippen MR) is 149 cm³/mol. The summed E-state index contributed by atoms with van der Waals surface area (Å²) in [6.45, 7) is 2.10. The highest BCUT2D eigenvalue weighted by Crippen LogP contribution is 2.33. The lowest BCUT2D eigenvalue weighted by Gasteiger charge is -2.48. The normalized spacial score (nSPS) is 42.3. The maximum Gasteiger partial charge on any atom is 0.250 e. The van der Waals surface area contributed by atoms with Crippen molar-refractivity contribution in [3.05, 3.63) is 11.8 Å². The first-order valence-electron chi connectivity index (χ1n) is 14.5. The van der Waals surface area contributed by atoms with E-state index in [2.05, 4.69) is 16.0 Å². The van der Waals surface area contributed by atoms with Crippen LogP contribution < -0.4 is 38.9 Å². The molecule has 3 fully saturated rings. The van der Waals surface area contributed by atoms with E-state index in [9.17, 15) is 25.2 Å².